The molecule has 2 heteroatoms. The van der Waals surface area contributed by atoms with Crippen LogP contribution in [0.25, 0.3) is 66.1 Å². The van der Waals surface area contributed by atoms with E-state index in [1.54, 1.807) is 16.7 Å². The van der Waals surface area contributed by atoms with Gasteiger partial charge in [-0.1, -0.05) is 97.4 Å². The Bertz CT molecular complexity index is 2620. The van der Waals surface area contributed by atoms with Crippen LogP contribution in [0, 0.1) is 11.8 Å². The van der Waals surface area contributed by atoms with E-state index in [4.69, 9.17) is 0 Å². The quantitative estimate of drug-likeness (QED) is 0.185. The third-order valence-electron chi connectivity index (χ3n) is 12.2. The molecule has 4 aliphatic rings. The van der Waals surface area contributed by atoms with Gasteiger partial charge in [-0.05, 0) is 89.2 Å². The van der Waals surface area contributed by atoms with Crippen molar-refractivity contribution in [2.45, 2.75) is 31.1 Å². The molecule has 4 heterocycles. The van der Waals surface area contributed by atoms with E-state index < -0.39 is 0 Å². The Kier molecular flexibility index (Phi) is 4.02. The standard InChI is InChI=1S/C43H30N2/c1-2-9-25(10-3-1)26-18-21-37-34(24-26)43-33-14-8-11-27(33)23-28-17-19-31-29-12-5-7-16-36(29)45(41(31)39(28)43)38-22-20-32-30-13-4-6-15-35(30)44(37)42(32)40(38)43/h1-7,9-10,12-13,15-22,24,27,33H,8,11,14,23H2. The average molecular weight is 575 g/mol. The van der Waals surface area contributed by atoms with Crippen LogP contribution < -0.4 is 0 Å². The van der Waals surface area contributed by atoms with E-state index in [0.29, 0.717) is 11.8 Å². The van der Waals surface area contributed by atoms with Gasteiger partial charge in [0.25, 0.3) is 0 Å². The van der Waals surface area contributed by atoms with Crippen molar-refractivity contribution in [1.82, 2.24) is 9.13 Å². The van der Waals surface area contributed by atoms with Crippen LogP contribution in [0.2, 0.25) is 0 Å². The Morgan fingerprint density at radius 3 is 2.00 bits per heavy atom. The van der Waals surface area contributed by atoms with E-state index in [1.165, 1.54) is 97.4 Å². The van der Waals surface area contributed by atoms with Crippen LogP contribution in [-0.4, -0.2) is 9.13 Å². The molecule has 0 N–H and O–H groups in total. The topological polar surface area (TPSA) is 9.86 Å². The third kappa shape index (κ3) is 2.49. The second-order valence-corrected chi connectivity index (χ2v) is 14.0. The summed E-state index contributed by atoms with van der Waals surface area (Å²) in [7, 11) is 0. The number of hydrogen-bond acceptors (Lipinski definition) is 0. The fourth-order valence-corrected chi connectivity index (χ4v) is 10.8. The maximum atomic E-state index is 2.65. The van der Waals surface area contributed by atoms with Gasteiger partial charge in [-0.15, -0.1) is 0 Å². The molecule has 3 unspecified atom stereocenters. The summed E-state index contributed by atoms with van der Waals surface area (Å²) >= 11 is 0. The van der Waals surface area contributed by atoms with Crippen LogP contribution in [0.4, 0.5) is 0 Å². The zero-order chi connectivity index (χ0) is 29.0. The molecule has 2 aliphatic carbocycles. The molecular formula is C43H30N2. The number of hydrogen-bond donors (Lipinski definition) is 0. The van der Waals surface area contributed by atoms with Crippen LogP contribution >= 0.6 is 0 Å². The molecule has 1 fully saturated rings. The van der Waals surface area contributed by atoms with E-state index in [-0.39, 0.29) is 5.41 Å². The minimum absolute atomic E-state index is 0.196. The number of aromatic nitrogens is 2. The molecule has 0 saturated heterocycles. The second kappa shape index (κ2) is 7.76. The van der Waals surface area contributed by atoms with Crippen LogP contribution in [-0.2, 0) is 11.8 Å². The zero-order valence-corrected chi connectivity index (χ0v) is 24.9. The summed E-state index contributed by atoms with van der Waals surface area (Å²) in [5.74, 6) is 1.27. The first kappa shape index (κ1) is 23.3. The molecule has 0 amide bonds. The smallest absolute Gasteiger partial charge is 0.0606 e. The van der Waals surface area contributed by atoms with E-state index in [2.05, 4.69) is 130 Å². The molecule has 12 rings (SSSR count). The maximum absolute atomic E-state index is 2.65. The highest BCUT2D eigenvalue weighted by molar-refractivity contribution is 6.17. The van der Waals surface area contributed by atoms with Crippen molar-refractivity contribution in [2.24, 2.45) is 11.8 Å². The van der Waals surface area contributed by atoms with Gasteiger partial charge in [0.2, 0.25) is 0 Å². The van der Waals surface area contributed by atoms with Gasteiger partial charge in [-0.3, -0.25) is 0 Å². The average Bonchev–Trinajstić information content (AvgIpc) is 3.80. The normalized spacial score (nSPS) is 22.0. The number of para-hydroxylation sites is 2. The predicted octanol–water partition coefficient (Wildman–Crippen LogP) is 10.5. The Labute approximate surface area is 261 Å². The lowest BCUT2D eigenvalue weighted by Crippen LogP contribution is -2.49. The van der Waals surface area contributed by atoms with Gasteiger partial charge in [-0.2, -0.15) is 0 Å². The number of nitrogens with zero attached hydrogens (tertiary/aromatic N) is 2. The molecule has 212 valence electrons. The zero-order valence-electron chi connectivity index (χ0n) is 24.9. The van der Waals surface area contributed by atoms with E-state index in [1.807, 2.05) is 0 Å². The molecule has 2 aromatic heterocycles. The number of rotatable bonds is 1. The van der Waals surface area contributed by atoms with E-state index >= 15 is 0 Å². The first-order valence-corrected chi connectivity index (χ1v) is 16.7. The summed E-state index contributed by atoms with van der Waals surface area (Å²) in [5.41, 5.74) is 16.9. The SMILES string of the molecule is c1ccc(-c2ccc3c(c2)C24c5c(ccc6c7ccccc7n(c56)-c5ccc6c7ccccc7n-3c6c52)CC2CCCC24)cc1. The fourth-order valence-electron chi connectivity index (χ4n) is 10.8. The first-order valence-electron chi connectivity index (χ1n) is 16.7. The predicted molar refractivity (Wildman–Crippen MR) is 185 cm³/mol. The number of fused-ring (bicyclic) bond motifs is 10. The van der Waals surface area contributed by atoms with Gasteiger partial charge in [0.05, 0.1) is 38.9 Å². The van der Waals surface area contributed by atoms with Crippen molar-refractivity contribution in [3.05, 3.63) is 144 Å². The lowest BCUT2D eigenvalue weighted by atomic mass is 9.51. The molecule has 1 spiro atoms. The Balaban J connectivity index is 1.39. The second-order valence-electron chi connectivity index (χ2n) is 14.0. The minimum atomic E-state index is -0.196. The Morgan fingerprint density at radius 2 is 1.20 bits per heavy atom. The highest BCUT2D eigenvalue weighted by Crippen LogP contribution is 2.67. The molecule has 2 nitrogen and oxygen atoms in total. The molecule has 45 heavy (non-hydrogen) atoms. The fraction of sp³-hybridized carbons (Fsp3) is 0.163. The summed E-state index contributed by atoms with van der Waals surface area (Å²) in [5, 5.41) is 5.50. The molecule has 2 aliphatic heterocycles. The van der Waals surface area contributed by atoms with Gasteiger partial charge < -0.3 is 9.13 Å². The van der Waals surface area contributed by atoms with E-state index in [0.717, 1.165) is 0 Å². The molecule has 8 aromatic rings. The van der Waals surface area contributed by atoms with Gasteiger partial charge in [0.15, 0.2) is 0 Å². The van der Waals surface area contributed by atoms with Crippen LogP contribution in [0.15, 0.2) is 121 Å². The summed E-state index contributed by atoms with van der Waals surface area (Å²) in [6, 6.07) is 46.5. The number of benzene rings is 6. The van der Waals surface area contributed by atoms with Crippen molar-refractivity contribution < 1.29 is 0 Å². The van der Waals surface area contributed by atoms with Crippen molar-refractivity contribution in [2.75, 3.05) is 0 Å². The van der Waals surface area contributed by atoms with Gasteiger partial charge in [0, 0.05) is 27.1 Å². The van der Waals surface area contributed by atoms with Gasteiger partial charge >= 0.3 is 0 Å². The molecule has 3 atom stereocenters. The van der Waals surface area contributed by atoms with Crippen LogP contribution in [0.3, 0.4) is 0 Å². The highest BCUT2D eigenvalue weighted by atomic mass is 15.1. The third-order valence-corrected chi connectivity index (χ3v) is 12.2. The highest BCUT2D eigenvalue weighted by Gasteiger charge is 2.59. The van der Waals surface area contributed by atoms with Crippen molar-refractivity contribution >= 4 is 43.6 Å². The lowest BCUT2D eigenvalue weighted by Gasteiger charge is -2.53. The molecule has 0 radical (unpaired) electrons. The summed E-state index contributed by atoms with van der Waals surface area (Å²) in [6.07, 6.45) is 5.13. The first-order chi connectivity index (χ1) is 22.3. The van der Waals surface area contributed by atoms with E-state index in [9.17, 15) is 0 Å². The summed E-state index contributed by atoms with van der Waals surface area (Å²) in [4.78, 5) is 0. The van der Waals surface area contributed by atoms with Crippen molar-refractivity contribution in [3.8, 4) is 22.5 Å². The summed E-state index contributed by atoms with van der Waals surface area (Å²) < 4.78 is 5.29. The minimum Gasteiger partial charge on any atom is -0.309 e. The van der Waals surface area contributed by atoms with Crippen molar-refractivity contribution in [1.29, 1.82) is 0 Å². The molecule has 1 saturated carbocycles. The van der Waals surface area contributed by atoms with Gasteiger partial charge in [0.1, 0.15) is 0 Å². The molecular weight excluding hydrogens is 544 g/mol. The van der Waals surface area contributed by atoms with Crippen LogP contribution in [0.5, 0.6) is 0 Å². The van der Waals surface area contributed by atoms with Crippen molar-refractivity contribution in [3.63, 3.8) is 0 Å². The maximum Gasteiger partial charge on any atom is 0.0606 e. The Hall–Kier alpha value is -5.08. The van der Waals surface area contributed by atoms with Gasteiger partial charge in [-0.25, -0.2) is 0 Å². The van der Waals surface area contributed by atoms with Crippen LogP contribution in [0.1, 0.15) is 41.5 Å². The molecule has 6 aromatic carbocycles. The molecule has 0 bridgehead atoms. The largest absolute Gasteiger partial charge is 0.309 e. The monoisotopic (exact) mass is 574 g/mol. The Morgan fingerprint density at radius 1 is 0.533 bits per heavy atom. The lowest BCUT2D eigenvalue weighted by molar-refractivity contribution is 0.260. The summed E-state index contributed by atoms with van der Waals surface area (Å²) in [6.45, 7) is 0.